The number of allylic oxidation sites excluding steroid dienone is 2. The molecule has 1 fully saturated rings. The molecule has 3 heteroatoms. The quantitative estimate of drug-likeness (QED) is 0.751. The van der Waals surface area contributed by atoms with Crippen molar-refractivity contribution in [2.45, 2.75) is 57.0 Å². The number of methoxy groups -OCH3 is 1. The fourth-order valence-electron chi connectivity index (χ4n) is 4.07. The van der Waals surface area contributed by atoms with E-state index in [1.807, 2.05) is 6.08 Å². The molecule has 0 bridgehead atoms. The zero-order valence-corrected chi connectivity index (χ0v) is 14.6. The van der Waals surface area contributed by atoms with Crippen LogP contribution in [0.4, 0.5) is 0 Å². The number of carbonyl (C=O) groups is 1. The molecule has 0 aromatic heterocycles. The second-order valence-corrected chi connectivity index (χ2v) is 6.77. The van der Waals surface area contributed by atoms with Gasteiger partial charge < -0.3 is 9.47 Å². The molecule has 0 amide bonds. The third-order valence-corrected chi connectivity index (χ3v) is 5.28. The molecule has 0 N–H and O–H groups in total. The van der Waals surface area contributed by atoms with E-state index in [1.165, 1.54) is 50.2 Å². The number of esters is 1. The number of ether oxygens (including phenoxy) is 2. The summed E-state index contributed by atoms with van der Waals surface area (Å²) >= 11 is 0. The Morgan fingerprint density at radius 1 is 1.12 bits per heavy atom. The highest BCUT2D eigenvalue weighted by molar-refractivity contribution is 5.66. The Hall–Kier alpha value is -2.03. The van der Waals surface area contributed by atoms with E-state index in [4.69, 9.17) is 9.47 Å². The van der Waals surface area contributed by atoms with E-state index in [0.717, 1.165) is 12.2 Å². The molecule has 3 rings (SSSR count). The van der Waals surface area contributed by atoms with E-state index < -0.39 is 0 Å². The first kappa shape index (κ1) is 16.8. The molecule has 0 heterocycles. The van der Waals surface area contributed by atoms with Crippen LogP contribution in [0.2, 0.25) is 0 Å². The van der Waals surface area contributed by atoms with E-state index in [-0.39, 0.29) is 17.5 Å². The van der Waals surface area contributed by atoms with E-state index in [9.17, 15) is 4.79 Å². The normalized spacial score (nSPS) is 22.6. The zero-order chi connectivity index (χ0) is 17.0. The van der Waals surface area contributed by atoms with E-state index in [1.54, 1.807) is 7.11 Å². The van der Waals surface area contributed by atoms with Gasteiger partial charge in [0.15, 0.2) is 0 Å². The van der Waals surface area contributed by atoms with Crippen LogP contribution in [-0.4, -0.2) is 19.2 Å². The first-order valence-corrected chi connectivity index (χ1v) is 8.85. The standard InChI is InChI=1S/C21H26O3/c1-16(22)24-20-12-8-18(9-13-20)21(14-4-3-5-15-21)17-6-10-19(23-2)11-7-17/h6-12,20H,3-5,13-15H2,1-2H3. The van der Waals surface area contributed by atoms with Crippen molar-refractivity contribution in [3.05, 3.63) is 53.6 Å². The summed E-state index contributed by atoms with van der Waals surface area (Å²) in [6.45, 7) is 1.47. The maximum absolute atomic E-state index is 11.2. The summed E-state index contributed by atoms with van der Waals surface area (Å²) in [5.41, 5.74) is 2.82. The van der Waals surface area contributed by atoms with Gasteiger partial charge in [-0.3, -0.25) is 4.79 Å². The van der Waals surface area contributed by atoms with Gasteiger partial charge in [-0.05, 0) is 42.2 Å². The third kappa shape index (κ3) is 3.40. The second-order valence-electron chi connectivity index (χ2n) is 6.77. The maximum Gasteiger partial charge on any atom is 0.303 e. The van der Waals surface area contributed by atoms with Gasteiger partial charge in [0.2, 0.25) is 0 Å². The first-order valence-electron chi connectivity index (χ1n) is 8.85. The van der Waals surface area contributed by atoms with Gasteiger partial charge in [0.05, 0.1) is 7.11 Å². The Morgan fingerprint density at radius 2 is 1.83 bits per heavy atom. The highest BCUT2D eigenvalue weighted by Crippen LogP contribution is 2.46. The van der Waals surface area contributed by atoms with Crippen LogP contribution in [0.1, 0.15) is 51.0 Å². The molecule has 1 saturated carbocycles. The molecule has 1 unspecified atom stereocenters. The molecule has 1 aromatic rings. The van der Waals surface area contributed by atoms with E-state index in [2.05, 4.69) is 36.4 Å². The lowest BCUT2D eigenvalue weighted by Crippen LogP contribution is -2.32. The van der Waals surface area contributed by atoms with Crippen LogP contribution in [0, 0.1) is 0 Å². The van der Waals surface area contributed by atoms with Gasteiger partial charge >= 0.3 is 5.97 Å². The predicted molar refractivity (Wildman–Crippen MR) is 95.2 cm³/mol. The van der Waals surface area contributed by atoms with Crippen molar-refractivity contribution in [3.8, 4) is 5.75 Å². The van der Waals surface area contributed by atoms with Crippen LogP contribution in [0.5, 0.6) is 5.75 Å². The van der Waals surface area contributed by atoms with Crippen LogP contribution in [0.15, 0.2) is 48.1 Å². The Labute approximate surface area is 144 Å². The number of carbonyl (C=O) groups excluding carboxylic acids is 1. The topological polar surface area (TPSA) is 35.5 Å². The van der Waals surface area contributed by atoms with Gasteiger partial charge in [-0.1, -0.05) is 43.5 Å². The maximum atomic E-state index is 11.2. The molecular formula is C21H26O3. The predicted octanol–water partition coefficient (Wildman–Crippen LogP) is 4.72. The van der Waals surface area contributed by atoms with Gasteiger partial charge in [-0.25, -0.2) is 0 Å². The summed E-state index contributed by atoms with van der Waals surface area (Å²) in [6, 6.07) is 8.52. The van der Waals surface area contributed by atoms with Crippen molar-refractivity contribution < 1.29 is 14.3 Å². The minimum atomic E-state index is -0.218. The lowest BCUT2D eigenvalue weighted by molar-refractivity contribution is -0.144. The van der Waals surface area contributed by atoms with Crippen molar-refractivity contribution in [2.24, 2.45) is 0 Å². The highest BCUT2D eigenvalue weighted by Gasteiger charge is 2.37. The number of rotatable bonds is 4. The van der Waals surface area contributed by atoms with Crippen molar-refractivity contribution in [3.63, 3.8) is 0 Å². The molecule has 2 aliphatic carbocycles. The molecular weight excluding hydrogens is 300 g/mol. The third-order valence-electron chi connectivity index (χ3n) is 5.28. The molecule has 0 saturated heterocycles. The number of hydrogen-bond donors (Lipinski definition) is 0. The lowest BCUT2D eigenvalue weighted by atomic mass is 9.64. The van der Waals surface area contributed by atoms with Gasteiger partial charge in [-0.15, -0.1) is 0 Å². The van der Waals surface area contributed by atoms with E-state index in [0.29, 0.717) is 0 Å². The van der Waals surface area contributed by atoms with Gasteiger partial charge in [0, 0.05) is 18.8 Å². The average Bonchev–Trinajstić information content (AvgIpc) is 2.62. The van der Waals surface area contributed by atoms with E-state index >= 15 is 0 Å². The monoisotopic (exact) mass is 326 g/mol. The van der Waals surface area contributed by atoms with Crippen LogP contribution in [0.25, 0.3) is 0 Å². The highest BCUT2D eigenvalue weighted by atomic mass is 16.5. The molecule has 1 aromatic carbocycles. The molecule has 2 aliphatic rings. The van der Waals surface area contributed by atoms with Crippen LogP contribution in [-0.2, 0) is 14.9 Å². The lowest BCUT2D eigenvalue weighted by Gasteiger charge is -2.40. The first-order chi connectivity index (χ1) is 11.6. The van der Waals surface area contributed by atoms with Crippen LogP contribution >= 0.6 is 0 Å². The smallest absolute Gasteiger partial charge is 0.303 e. The average molecular weight is 326 g/mol. The summed E-state index contributed by atoms with van der Waals surface area (Å²) in [5.74, 6) is 0.678. The molecule has 0 aliphatic heterocycles. The molecule has 1 atom stereocenters. The molecule has 0 radical (unpaired) electrons. The van der Waals surface area contributed by atoms with Crippen molar-refractivity contribution in [1.29, 1.82) is 0 Å². The second kappa shape index (κ2) is 7.25. The Balaban J connectivity index is 1.88. The van der Waals surface area contributed by atoms with Crippen molar-refractivity contribution in [1.82, 2.24) is 0 Å². The molecule has 128 valence electrons. The van der Waals surface area contributed by atoms with Crippen LogP contribution in [0.3, 0.4) is 0 Å². The van der Waals surface area contributed by atoms with Crippen molar-refractivity contribution >= 4 is 5.97 Å². The van der Waals surface area contributed by atoms with Gasteiger partial charge in [-0.2, -0.15) is 0 Å². The minimum Gasteiger partial charge on any atom is -0.497 e. The molecule has 24 heavy (non-hydrogen) atoms. The Bertz CT molecular complexity index is 634. The summed E-state index contributed by atoms with van der Waals surface area (Å²) in [4.78, 5) is 11.2. The van der Waals surface area contributed by atoms with Crippen LogP contribution < -0.4 is 4.74 Å². The van der Waals surface area contributed by atoms with Gasteiger partial charge in [0.1, 0.15) is 11.9 Å². The Kier molecular flexibility index (Phi) is 5.08. The molecule has 0 spiro atoms. The SMILES string of the molecule is COc1ccc(C2(C3=CCC(OC(C)=O)C=C3)CCCCC2)cc1. The largest absolute Gasteiger partial charge is 0.497 e. The fourth-order valence-corrected chi connectivity index (χ4v) is 4.07. The minimum absolute atomic E-state index is 0.0855. The summed E-state index contributed by atoms with van der Waals surface area (Å²) < 4.78 is 10.6. The summed E-state index contributed by atoms with van der Waals surface area (Å²) in [7, 11) is 1.70. The summed E-state index contributed by atoms with van der Waals surface area (Å²) in [5, 5.41) is 0. The molecule has 3 nitrogen and oxygen atoms in total. The van der Waals surface area contributed by atoms with Gasteiger partial charge in [0.25, 0.3) is 0 Å². The number of hydrogen-bond acceptors (Lipinski definition) is 3. The number of benzene rings is 1. The van der Waals surface area contributed by atoms with Crippen molar-refractivity contribution in [2.75, 3.05) is 7.11 Å². The zero-order valence-electron chi connectivity index (χ0n) is 14.6. The summed E-state index contributed by atoms with van der Waals surface area (Å²) in [6.07, 6.45) is 13.3. The Morgan fingerprint density at radius 3 is 2.38 bits per heavy atom. The fraction of sp³-hybridized carbons (Fsp3) is 0.476.